The monoisotopic (exact) mass is 320 g/mol. The van der Waals surface area contributed by atoms with Gasteiger partial charge >= 0.3 is 0 Å². The van der Waals surface area contributed by atoms with E-state index in [2.05, 4.69) is 35.8 Å². The van der Waals surface area contributed by atoms with Gasteiger partial charge in [-0.05, 0) is 0 Å². The highest BCUT2D eigenvalue weighted by molar-refractivity contribution is 7.99. The number of nitrogens with one attached hydrogen (secondary N) is 2. The summed E-state index contributed by atoms with van der Waals surface area (Å²) in [7, 11) is 3.48. The van der Waals surface area contributed by atoms with Gasteiger partial charge in [-0.25, -0.2) is 9.97 Å². The second kappa shape index (κ2) is 6.71. The lowest BCUT2D eigenvalue weighted by Crippen LogP contribution is -2.09. The minimum Gasteiger partial charge on any atom is -0.377 e. The highest BCUT2D eigenvalue weighted by atomic mass is 32.2. The first-order valence-corrected chi connectivity index (χ1v) is 7.66. The van der Waals surface area contributed by atoms with Crippen LogP contribution in [0, 0.1) is 0 Å². The maximum Gasteiger partial charge on any atom is 0.163 e. The Morgan fingerprint density at radius 1 is 1.36 bits per heavy atom. The number of hydrogen-bond donors (Lipinski definition) is 2. The van der Waals surface area contributed by atoms with E-state index in [1.54, 1.807) is 35.9 Å². The number of nitrogens with zero attached hydrogens (tertiary/aromatic N) is 6. The highest BCUT2D eigenvalue weighted by Gasteiger charge is 2.11. The van der Waals surface area contributed by atoms with E-state index in [1.165, 1.54) is 0 Å². The van der Waals surface area contributed by atoms with Crippen molar-refractivity contribution in [1.82, 2.24) is 35.2 Å². The Kier molecular flexibility index (Phi) is 4.49. The van der Waals surface area contributed by atoms with E-state index in [0.717, 1.165) is 34.2 Å². The van der Waals surface area contributed by atoms with Crippen molar-refractivity contribution in [1.29, 1.82) is 0 Å². The summed E-state index contributed by atoms with van der Waals surface area (Å²) >= 11 is 1.62. The zero-order valence-corrected chi connectivity index (χ0v) is 13.1. The molecule has 3 aromatic rings. The molecule has 0 spiro atoms. The van der Waals surface area contributed by atoms with Crippen LogP contribution in [0.1, 0.15) is 5.82 Å². The molecule has 9 nitrogen and oxygen atoms in total. The van der Waals surface area contributed by atoms with Crippen molar-refractivity contribution in [2.75, 3.05) is 24.7 Å². The van der Waals surface area contributed by atoms with Gasteiger partial charge in [0, 0.05) is 26.5 Å². The number of fused-ring (bicyclic) bond motifs is 1. The molecule has 0 fully saturated rings. The molecule has 0 aliphatic rings. The number of anilines is 1. The Hall–Kier alpha value is -2.20. The molecule has 22 heavy (non-hydrogen) atoms. The van der Waals surface area contributed by atoms with Crippen molar-refractivity contribution in [3.05, 3.63) is 18.2 Å². The Bertz CT molecular complexity index is 741. The molecule has 0 aliphatic heterocycles. The number of aromatic amines is 1. The number of thioether (sulfide) groups is 1. The maximum atomic E-state index is 5.12. The molecule has 0 saturated carbocycles. The molecular formula is C12H16N8OS. The van der Waals surface area contributed by atoms with Gasteiger partial charge in [0.1, 0.15) is 17.5 Å². The van der Waals surface area contributed by atoms with Crippen LogP contribution < -0.4 is 5.32 Å². The molecule has 0 radical (unpaired) electrons. The van der Waals surface area contributed by atoms with Gasteiger partial charge in [0.25, 0.3) is 0 Å². The van der Waals surface area contributed by atoms with Crippen LogP contribution in [-0.4, -0.2) is 54.6 Å². The predicted octanol–water partition coefficient (Wildman–Crippen LogP) is 0.832. The van der Waals surface area contributed by atoms with E-state index in [-0.39, 0.29) is 0 Å². The fraction of sp³-hybridized carbons (Fsp3) is 0.417. The summed E-state index contributed by atoms with van der Waals surface area (Å²) in [5.74, 6) is 2.24. The summed E-state index contributed by atoms with van der Waals surface area (Å²) in [5.41, 5.74) is 0.786. The van der Waals surface area contributed by atoms with Crippen LogP contribution in [0.3, 0.4) is 0 Å². The number of ether oxygens (including phenoxy) is 1. The number of methoxy groups -OCH3 is 1. The lowest BCUT2D eigenvalue weighted by Gasteiger charge is -2.08. The Morgan fingerprint density at radius 2 is 2.27 bits per heavy atom. The van der Waals surface area contributed by atoms with E-state index in [0.29, 0.717) is 12.4 Å². The van der Waals surface area contributed by atoms with E-state index in [4.69, 9.17) is 4.74 Å². The van der Waals surface area contributed by atoms with Crippen LogP contribution in [0.4, 0.5) is 5.82 Å². The Balaban J connectivity index is 1.71. The molecule has 0 atom stereocenters. The third-order valence-electron chi connectivity index (χ3n) is 2.95. The zero-order chi connectivity index (χ0) is 15.4. The first-order chi connectivity index (χ1) is 10.8. The minimum absolute atomic E-state index is 0.365. The molecule has 0 aliphatic carbocycles. The molecule has 0 bridgehead atoms. The normalized spacial score (nSPS) is 11.2. The van der Waals surface area contributed by atoms with Gasteiger partial charge in [0.2, 0.25) is 0 Å². The van der Waals surface area contributed by atoms with Crippen molar-refractivity contribution >= 4 is 28.6 Å². The molecule has 0 saturated heterocycles. The third-order valence-corrected chi connectivity index (χ3v) is 3.85. The van der Waals surface area contributed by atoms with Crippen LogP contribution in [-0.2, 0) is 18.4 Å². The highest BCUT2D eigenvalue weighted by Crippen LogP contribution is 2.20. The molecule has 3 rings (SSSR count). The summed E-state index contributed by atoms with van der Waals surface area (Å²) in [6.45, 7) is 1.11. The second-order valence-corrected chi connectivity index (χ2v) is 5.63. The molecular weight excluding hydrogens is 304 g/mol. The largest absolute Gasteiger partial charge is 0.377 e. The predicted molar refractivity (Wildman–Crippen MR) is 82.6 cm³/mol. The fourth-order valence-electron chi connectivity index (χ4n) is 1.98. The average Bonchev–Trinajstić information content (AvgIpc) is 3.15. The molecule has 116 valence electrons. The molecule has 10 heteroatoms. The van der Waals surface area contributed by atoms with Gasteiger partial charge in [-0.2, -0.15) is 15.4 Å². The van der Waals surface area contributed by atoms with Gasteiger partial charge in [0.15, 0.2) is 11.5 Å². The van der Waals surface area contributed by atoms with Crippen LogP contribution >= 0.6 is 11.8 Å². The SMILES string of the molecule is COCc1nc(NCCSc2cn[nH]n2)c2cnn(C)c2n1. The molecule has 0 unspecified atom stereocenters. The van der Waals surface area contributed by atoms with Crippen molar-refractivity contribution in [3.63, 3.8) is 0 Å². The van der Waals surface area contributed by atoms with Crippen LogP contribution in [0.15, 0.2) is 17.4 Å². The number of aromatic nitrogens is 7. The molecule has 3 aromatic heterocycles. The van der Waals surface area contributed by atoms with E-state index < -0.39 is 0 Å². The first kappa shape index (κ1) is 14.7. The summed E-state index contributed by atoms with van der Waals surface area (Å²) < 4.78 is 6.85. The van der Waals surface area contributed by atoms with Crippen LogP contribution in [0.25, 0.3) is 11.0 Å². The van der Waals surface area contributed by atoms with Crippen molar-refractivity contribution in [3.8, 4) is 0 Å². The first-order valence-electron chi connectivity index (χ1n) is 6.68. The van der Waals surface area contributed by atoms with Crippen molar-refractivity contribution < 1.29 is 4.74 Å². The smallest absolute Gasteiger partial charge is 0.163 e. The molecule has 3 heterocycles. The van der Waals surface area contributed by atoms with Gasteiger partial charge in [-0.1, -0.05) is 0 Å². The second-order valence-electron chi connectivity index (χ2n) is 4.51. The number of H-pyrrole nitrogens is 1. The van der Waals surface area contributed by atoms with Gasteiger partial charge in [-0.15, -0.1) is 16.9 Å². The van der Waals surface area contributed by atoms with Crippen molar-refractivity contribution in [2.24, 2.45) is 7.05 Å². The number of rotatable bonds is 7. The van der Waals surface area contributed by atoms with E-state index >= 15 is 0 Å². The number of hydrogen-bond acceptors (Lipinski definition) is 8. The Morgan fingerprint density at radius 3 is 3.05 bits per heavy atom. The summed E-state index contributed by atoms with van der Waals surface area (Å²) in [5, 5.41) is 19.7. The zero-order valence-electron chi connectivity index (χ0n) is 12.3. The fourth-order valence-corrected chi connectivity index (χ4v) is 2.63. The van der Waals surface area contributed by atoms with Crippen LogP contribution in [0.2, 0.25) is 0 Å². The van der Waals surface area contributed by atoms with E-state index in [9.17, 15) is 0 Å². The lowest BCUT2D eigenvalue weighted by atomic mass is 10.3. The van der Waals surface area contributed by atoms with Gasteiger partial charge < -0.3 is 10.1 Å². The van der Waals surface area contributed by atoms with Crippen molar-refractivity contribution in [2.45, 2.75) is 11.6 Å². The third kappa shape index (κ3) is 3.17. The quantitative estimate of drug-likeness (QED) is 0.487. The van der Waals surface area contributed by atoms with Gasteiger partial charge in [-0.3, -0.25) is 4.68 Å². The number of aryl methyl sites for hydroxylation is 1. The van der Waals surface area contributed by atoms with E-state index in [1.807, 2.05) is 7.05 Å². The molecule has 0 aromatic carbocycles. The Labute approximate surface area is 130 Å². The summed E-state index contributed by atoms with van der Waals surface area (Å²) in [6.07, 6.45) is 3.46. The summed E-state index contributed by atoms with van der Waals surface area (Å²) in [6, 6.07) is 0. The lowest BCUT2D eigenvalue weighted by molar-refractivity contribution is 0.178. The topological polar surface area (TPSA) is 106 Å². The average molecular weight is 320 g/mol. The molecule has 0 amide bonds. The standard InChI is InChI=1S/C12H16N8OS/c1-20-12-8(5-15-20)11(16-9(17-12)7-21-2)13-3-4-22-10-6-14-19-18-10/h5-6H,3-4,7H2,1-2H3,(H,13,16,17)(H,14,18,19). The maximum absolute atomic E-state index is 5.12. The van der Waals surface area contributed by atoms with Crippen LogP contribution in [0.5, 0.6) is 0 Å². The molecule has 2 N–H and O–H groups in total. The van der Waals surface area contributed by atoms with Gasteiger partial charge in [0.05, 0.1) is 17.8 Å². The summed E-state index contributed by atoms with van der Waals surface area (Å²) in [4.78, 5) is 8.95. The minimum atomic E-state index is 0.365.